The van der Waals surface area contributed by atoms with Gasteiger partial charge in [0.05, 0.1) is 31.3 Å². The van der Waals surface area contributed by atoms with Crippen molar-refractivity contribution < 1.29 is 23.6 Å². The largest absolute Gasteiger partial charge is 0.437 e. The lowest BCUT2D eigenvalue weighted by atomic mass is 10.2. The van der Waals surface area contributed by atoms with Gasteiger partial charge >= 0.3 is 0 Å². The van der Waals surface area contributed by atoms with E-state index in [1.165, 1.54) is 23.2 Å². The van der Waals surface area contributed by atoms with Gasteiger partial charge in [-0.05, 0) is 35.9 Å². The van der Waals surface area contributed by atoms with Crippen LogP contribution in [0.4, 0.5) is 0 Å². The Morgan fingerprint density at radius 1 is 1.18 bits per heavy atom. The first kappa shape index (κ1) is 28.0. The van der Waals surface area contributed by atoms with Crippen LogP contribution >= 0.6 is 23.2 Å². The number of aromatic nitrogens is 1. The second-order valence-electron chi connectivity index (χ2n) is 8.63. The molecule has 10 nitrogen and oxygen atoms in total. The summed E-state index contributed by atoms with van der Waals surface area (Å²) < 4.78 is 13.2. The Bertz CT molecular complexity index is 1390. The van der Waals surface area contributed by atoms with Crippen molar-refractivity contribution in [3.05, 3.63) is 88.0 Å². The minimum absolute atomic E-state index is 0.00722. The second kappa shape index (κ2) is 13.2. The summed E-state index contributed by atoms with van der Waals surface area (Å²) in [6.45, 7) is 0.997. The molecule has 2 amide bonds. The van der Waals surface area contributed by atoms with Gasteiger partial charge < -0.3 is 25.4 Å². The maximum atomic E-state index is 13.5. The number of nitrogens with one attached hydrogen (secondary N) is 2. The van der Waals surface area contributed by atoms with Gasteiger partial charge in [-0.3, -0.25) is 9.59 Å². The molecule has 2 aromatic carbocycles. The Hall–Kier alpha value is -3.99. The number of ether oxygens (including phenoxy) is 2. The molecule has 2 heterocycles. The first-order valence-electron chi connectivity index (χ1n) is 12.0. The van der Waals surface area contributed by atoms with Gasteiger partial charge in [-0.1, -0.05) is 53.5 Å². The van der Waals surface area contributed by atoms with Crippen molar-refractivity contribution in [2.75, 3.05) is 26.2 Å². The normalized spacial score (nSPS) is 14.1. The Kier molecular flexibility index (Phi) is 9.48. The van der Waals surface area contributed by atoms with Crippen LogP contribution in [0.25, 0.3) is 0 Å². The molecule has 0 spiro atoms. The summed E-state index contributed by atoms with van der Waals surface area (Å²) >= 11 is 12.2. The Morgan fingerprint density at radius 2 is 1.97 bits per heavy atom. The van der Waals surface area contributed by atoms with Gasteiger partial charge in [-0.25, -0.2) is 9.56 Å². The predicted molar refractivity (Wildman–Crippen MR) is 148 cm³/mol. The molecule has 3 aromatic rings. The number of hydrogen-bond acceptors (Lipinski definition) is 7. The summed E-state index contributed by atoms with van der Waals surface area (Å²) in [7, 11) is 0. The average molecular weight is 570 g/mol. The second-order valence-corrected chi connectivity index (χ2v) is 9.48. The standard InChI is InChI=1S/C27H26Cl2N6O4/c28-19-8-9-23(21(29)13-19)39-26-20(7-4-10-32-26)25(36)33-22(16-38-15-18-5-2-1-3-6-18)27(37)34-11-12-35(17-30)24(31)14-34/h1-10,13,17,22,30-31H,11-12,14-16H2,(H,33,36)/p+1/t22-/m1/s1. The van der Waals surface area contributed by atoms with Crippen molar-refractivity contribution in [3.63, 3.8) is 0 Å². The monoisotopic (exact) mass is 569 g/mol. The maximum absolute atomic E-state index is 13.5. The molecular formula is C27H27Cl2N6O4+. The highest BCUT2D eigenvalue weighted by Gasteiger charge is 2.31. The molecule has 39 heavy (non-hydrogen) atoms. The number of hydrogen-bond donors (Lipinski definition) is 3. The molecule has 4 rings (SSSR count). The first-order chi connectivity index (χ1) is 18.9. The number of carbonyl (C=O) groups excluding carboxylic acids is 2. The minimum Gasteiger partial charge on any atom is -0.437 e. The van der Waals surface area contributed by atoms with Crippen LogP contribution in [-0.4, -0.2) is 70.7 Å². The third-order valence-corrected chi connectivity index (χ3v) is 6.45. The first-order valence-corrected chi connectivity index (χ1v) is 12.8. The SMILES string of the molecule is N=C[N+]1=C(N)CN(C(=O)[C@@H](COCc2ccccc2)NC(=O)c2cccnc2Oc2ccc(Cl)cc2Cl)CC1. The lowest BCUT2D eigenvalue weighted by molar-refractivity contribution is -0.409. The molecule has 1 aliphatic rings. The number of amidine groups is 1. The molecular weight excluding hydrogens is 543 g/mol. The molecule has 1 aliphatic heterocycles. The van der Waals surface area contributed by atoms with Gasteiger partial charge in [0.25, 0.3) is 5.91 Å². The third kappa shape index (κ3) is 7.32. The number of pyridine rings is 1. The zero-order valence-corrected chi connectivity index (χ0v) is 22.4. The Balaban J connectivity index is 1.53. The fourth-order valence-electron chi connectivity index (χ4n) is 3.88. The molecule has 1 aromatic heterocycles. The average Bonchev–Trinajstić information content (AvgIpc) is 2.94. The molecule has 0 unspecified atom stereocenters. The van der Waals surface area contributed by atoms with Crippen LogP contribution in [0.1, 0.15) is 15.9 Å². The smallest absolute Gasteiger partial charge is 0.257 e. The fourth-order valence-corrected chi connectivity index (χ4v) is 4.33. The van der Waals surface area contributed by atoms with E-state index in [1.54, 1.807) is 22.8 Å². The van der Waals surface area contributed by atoms with Gasteiger partial charge in [0.2, 0.25) is 24.0 Å². The Morgan fingerprint density at radius 3 is 2.69 bits per heavy atom. The summed E-state index contributed by atoms with van der Waals surface area (Å²) in [5.74, 6) is -0.311. The van der Waals surface area contributed by atoms with Crippen molar-refractivity contribution in [1.29, 1.82) is 5.41 Å². The number of nitrogens with zero attached hydrogens (tertiary/aromatic N) is 3. The van der Waals surface area contributed by atoms with E-state index in [2.05, 4.69) is 10.3 Å². The molecule has 0 saturated heterocycles. The van der Waals surface area contributed by atoms with Crippen LogP contribution in [0.2, 0.25) is 10.0 Å². The van der Waals surface area contributed by atoms with Crippen LogP contribution in [0.15, 0.2) is 66.9 Å². The van der Waals surface area contributed by atoms with Gasteiger partial charge in [0.1, 0.15) is 23.9 Å². The number of rotatable bonds is 10. The molecule has 1 atom stereocenters. The molecule has 0 radical (unpaired) electrons. The van der Waals surface area contributed by atoms with Crippen molar-refractivity contribution >= 4 is 47.2 Å². The van der Waals surface area contributed by atoms with E-state index in [0.29, 0.717) is 23.9 Å². The summed E-state index contributed by atoms with van der Waals surface area (Å²) in [5.41, 5.74) is 7.06. The highest BCUT2D eigenvalue weighted by atomic mass is 35.5. The maximum Gasteiger partial charge on any atom is 0.257 e. The molecule has 4 N–H and O–H groups in total. The van der Waals surface area contributed by atoms with Crippen molar-refractivity contribution in [1.82, 2.24) is 15.2 Å². The third-order valence-electron chi connectivity index (χ3n) is 5.92. The van der Waals surface area contributed by atoms with E-state index in [0.717, 1.165) is 11.9 Å². The Labute approximate surface area is 235 Å². The number of nitrogens with two attached hydrogens (primary N) is 1. The van der Waals surface area contributed by atoms with Crippen LogP contribution in [0.5, 0.6) is 11.6 Å². The molecule has 12 heteroatoms. The molecule has 0 fully saturated rings. The molecule has 0 saturated carbocycles. The van der Waals surface area contributed by atoms with E-state index >= 15 is 0 Å². The van der Waals surface area contributed by atoms with Crippen LogP contribution in [0.3, 0.4) is 0 Å². The van der Waals surface area contributed by atoms with Crippen LogP contribution in [0, 0.1) is 5.41 Å². The van der Waals surface area contributed by atoms with E-state index in [9.17, 15) is 9.59 Å². The zero-order chi connectivity index (χ0) is 27.8. The number of carbonyl (C=O) groups is 2. The summed E-state index contributed by atoms with van der Waals surface area (Å²) in [6, 6.07) is 16.3. The van der Waals surface area contributed by atoms with Crippen molar-refractivity contribution in [3.8, 4) is 11.6 Å². The van der Waals surface area contributed by atoms with Gasteiger partial charge in [-0.15, -0.1) is 0 Å². The molecule has 0 aliphatic carbocycles. The van der Waals surface area contributed by atoms with Crippen molar-refractivity contribution in [2.24, 2.45) is 5.73 Å². The van der Waals surface area contributed by atoms with E-state index in [4.69, 9.17) is 43.8 Å². The summed E-state index contributed by atoms with van der Waals surface area (Å²) in [6.07, 6.45) is 2.60. The topological polar surface area (TPSA) is 134 Å². The zero-order valence-electron chi connectivity index (χ0n) is 20.8. The number of benzene rings is 2. The summed E-state index contributed by atoms with van der Waals surface area (Å²) in [4.78, 5) is 32.6. The van der Waals surface area contributed by atoms with E-state index in [1.807, 2.05) is 30.3 Å². The van der Waals surface area contributed by atoms with Crippen LogP contribution in [-0.2, 0) is 16.1 Å². The summed E-state index contributed by atoms with van der Waals surface area (Å²) in [5, 5.41) is 10.9. The van der Waals surface area contributed by atoms with E-state index < -0.39 is 11.9 Å². The van der Waals surface area contributed by atoms with E-state index in [-0.39, 0.29) is 47.9 Å². The molecule has 0 bridgehead atoms. The number of amides is 2. The van der Waals surface area contributed by atoms with Gasteiger partial charge in [0.15, 0.2) is 0 Å². The van der Waals surface area contributed by atoms with Crippen LogP contribution < -0.4 is 15.8 Å². The predicted octanol–water partition coefficient (Wildman–Crippen LogP) is 3.31. The highest BCUT2D eigenvalue weighted by Crippen LogP contribution is 2.32. The lowest BCUT2D eigenvalue weighted by Gasteiger charge is -2.30. The lowest BCUT2D eigenvalue weighted by Crippen LogP contribution is -2.57. The number of halogens is 2. The minimum atomic E-state index is -1.02. The highest BCUT2D eigenvalue weighted by molar-refractivity contribution is 6.35. The fraction of sp³-hybridized carbons (Fsp3) is 0.222. The molecule has 202 valence electrons. The van der Waals surface area contributed by atoms with Gasteiger partial charge in [0, 0.05) is 11.2 Å². The van der Waals surface area contributed by atoms with Gasteiger partial charge in [-0.2, -0.15) is 5.41 Å². The van der Waals surface area contributed by atoms with Crippen molar-refractivity contribution in [2.45, 2.75) is 12.6 Å². The quantitative estimate of drug-likeness (QED) is 0.195.